The van der Waals surface area contributed by atoms with E-state index in [0.717, 1.165) is 11.3 Å². The maximum Gasteiger partial charge on any atom is 0.229 e. The van der Waals surface area contributed by atoms with Gasteiger partial charge in [-0.3, -0.25) is 19.3 Å². The molecule has 0 saturated carbocycles. The Morgan fingerprint density at radius 2 is 1.85 bits per heavy atom. The summed E-state index contributed by atoms with van der Waals surface area (Å²) < 4.78 is 1.66. The second-order valence-electron chi connectivity index (χ2n) is 6.30. The minimum atomic E-state index is -0.192. The Morgan fingerprint density at radius 1 is 1.19 bits per heavy atom. The molecule has 1 fully saturated rings. The summed E-state index contributed by atoms with van der Waals surface area (Å²) in [5.41, 5.74) is 1.87. The summed E-state index contributed by atoms with van der Waals surface area (Å²) in [4.78, 5) is 42.4. The fourth-order valence-electron chi connectivity index (χ4n) is 2.94. The molecule has 1 saturated heterocycles. The molecular formula is C18H21N5O3. The average molecular weight is 355 g/mol. The van der Waals surface area contributed by atoms with Gasteiger partial charge in [0, 0.05) is 32.9 Å². The van der Waals surface area contributed by atoms with Crippen molar-refractivity contribution in [1.82, 2.24) is 24.6 Å². The highest BCUT2D eigenvalue weighted by molar-refractivity contribution is 6.02. The zero-order valence-corrected chi connectivity index (χ0v) is 14.8. The predicted molar refractivity (Wildman–Crippen MR) is 93.1 cm³/mol. The molecule has 0 spiro atoms. The topological polar surface area (TPSA) is 88.4 Å². The predicted octanol–water partition coefficient (Wildman–Crippen LogP) is 1.33. The van der Waals surface area contributed by atoms with Crippen molar-refractivity contribution in [3.63, 3.8) is 0 Å². The molecule has 3 rings (SSSR count). The molecule has 8 nitrogen and oxygen atoms in total. The van der Waals surface area contributed by atoms with Crippen molar-refractivity contribution in [3.05, 3.63) is 42.5 Å². The van der Waals surface area contributed by atoms with E-state index in [2.05, 4.69) is 10.1 Å². The summed E-state index contributed by atoms with van der Waals surface area (Å²) in [6.45, 7) is 2.09. The first-order chi connectivity index (χ1) is 12.5. The zero-order chi connectivity index (χ0) is 18.7. The summed E-state index contributed by atoms with van der Waals surface area (Å²) in [5.74, 6) is -0.491. The van der Waals surface area contributed by atoms with Crippen LogP contribution in [0.15, 0.2) is 36.9 Å². The van der Waals surface area contributed by atoms with Crippen molar-refractivity contribution in [2.75, 3.05) is 13.6 Å². The van der Waals surface area contributed by atoms with Crippen LogP contribution in [0.3, 0.4) is 0 Å². The molecule has 0 aliphatic carbocycles. The number of carbonyl (C=O) groups excluding carboxylic acids is 3. The van der Waals surface area contributed by atoms with E-state index in [1.165, 1.54) is 11.2 Å². The van der Waals surface area contributed by atoms with Crippen LogP contribution in [0.1, 0.15) is 37.8 Å². The number of amides is 3. The number of aromatic nitrogens is 3. The van der Waals surface area contributed by atoms with E-state index in [-0.39, 0.29) is 49.6 Å². The molecule has 0 unspecified atom stereocenters. The molecule has 0 N–H and O–H groups in total. The van der Waals surface area contributed by atoms with Crippen molar-refractivity contribution in [2.45, 2.75) is 32.2 Å². The van der Waals surface area contributed by atoms with Gasteiger partial charge in [-0.15, -0.1) is 0 Å². The summed E-state index contributed by atoms with van der Waals surface area (Å²) in [5, 5.41) is 4.08. The molecule has 136 valence electrons. The first-order valence-electron chi connectivity index (χ1n) is 8.51. The van der Waals surface area contributed by atoms with Gasteiger partial charge in [-0.05, 0) is 24.6 Å². The molecular weight excluding hydrogens is 334 g/mol. The first kappa shape index (κ1) is 17.8. The maximum atomic E-state index is 12.4. The van der Waals surface area contributed by atoms with Crippen molar-refractivity contribution >= 4 is 17.7 Å². The van der Waals surface area contributed by atoms with Crippen LogP contribution in [0.4, 0.5) is 0 Å². The van der Waals surface area contributed by atoms with E-state index in [9.17, 15) is 14.4 Å². The van der Waals surface area contributed by atoms with E-state index in [4.69, 9.17) is 0 Å². The lowest BCUT2D eigenvalue weighted by Crippen LogP contribution is -2.35. The van der Waals surface area contributed by atoms with Crippen LogP contribution in [0.5, 0.6) is 0 Å². The smallest absolute Gasteiger partial charge is 0.229 e. The average Bonchev–Trinajstić information content (AvgIpc) is 3.29. The number of carbonyl (C=O) groups is 3. The van der Waals surface area contributed by atoms with Gasteiger partial charge in [-0.2, -0.15) is 5.10 Å². The standard InChI is InChI=1S/C18H21N5O3/c1-13(14-3-5-15(6-4-14)23-12-19-11-20-23)21(2)16(24)9-10-22-17(25)7-8-18(22)26/h3-6,11-13H,7-10H2,1-2H3/t13-/m0/s1. The van der Waals surface area contributed by atoms with Gasteiger partial charge in [-0.1, -0.05) is 12.1 Å². The van der Waals surface area contributed by atoms with Crippen LogP contribution < -0.4 is 0 Å². The Kier molecular flexibility index (Phi) is 5.11. The van der Waals surface area contributed by atoms with Crippen LogP contribution in [0.25, 0.3) is 5.69 Å². The molecule has 2 heterocycles. The van der Waals surface area contributed by atoms with Crippen LogP contribution in [0, 0.1) is 0 Å². The number of nitrogens with zero attached hydrogens (tertiary/aromatic N) is 5. The van der Waals surface area contributed by atoms with Crippen molar-refractivity contribution < 1.29 is 14.4 Å². The van der Waals surface area contributed by atoms with Crippen molar-refractivity contribution in [1.29, 1.82) is 0 Å². The van der Waals surface area contributed by atoms with Gasteiger partial charge in [0.25, 0.3) is 0 Å². The SMILES string of the molecule is C[C@@H](c1ccc(-n2cncn2)cc1)N(C)C(=O)CCN1C(=O)CCC1=O. The van der Waals surface area contributed by atoms with E-state index in [1.807, 2.05) is 31.2 Å². The second-order valence-corrected chi connectivity index (χ2v) is 6.30. The Labute approximate surface area is 151 Å². The lowest BCUT2D eigenvalue weighted by molar-refractivity contribution is -0.139. The number of likely N-dealkylation sites (tertiary alicyclic amines) is 1. The second kappa shape index (κ2) is 7.47. The van der Waals surface area contributed by atoms with Gasteiger partial charge in [0.2, 0.25) is 17.7 Å². The van der Waals surface area contributed by atoms with Gasteiger partial charge >= 0.3 is 0 Å². The van der Waals surface area contributed by atoms with Crippen LogP contribution in [0.2, 0.25) is 0 Å². The Bertz CT molecular complexity index is 785. The molecule has 26 heavy (non-hydrogen) atoms. The third kappa shape index (κ3) is 3.63. The molecule has 2 aromatic rings. The molecule has 0 bridgehead atoms. The largest absolute Gasteiger partial charge is 0.339 e. The minimum Gasteiger partial charge on any atom is -0.339 e. The van der Waals surface area contributed by atoms with Crippen molar-refractivity contribution in [3.8, 4) is 5.69 Å². The Morgan fingerprint density at radius 3 is 2.42 bits per heavy atom. The highest BCUT2D eigenvalue weighted by Crippen LogP contribution is 2.21. The quantitative estimate of drug-likeness (QED) is 0.729. The monoisotopic (exact) mass is 355 g/mol. The van der Waals surface area contributed by atoms with Gasteiger partial charge in [0.05, 0.1) is 11.7 Å². The van der Waals surface area contributed by atoms with E-state index >= 15 is 0 Å². The summed E-state index contributed by atoms with van der Waals surface area (Å²) in [6, 6.07) is 7.59. The lowest BCUT2D eigenvalue weighted by atomic mass is 10.1. The molecule has 1 aliphatic rings. The van der Waals surface area contributed by atoms with Crippen LogP contribution >= 0.6 is 0 Å². The Hall–Kier alpha value is -3.03. The van der Waals surface area contributed by atoms with Crippen molar-refractivity contribution in [2.24, 2.45) is 0 Å². The highest BCUT2D eigenvalue weighted by Gasteiger charge is 2.29. The molecule has 8 heteroatoms. The third-order valence-electron chi connectivity index (χ3n) is 4.74. The van der Waals surface area contributed by atoms with Gasteiger partial charge in [0.1, 0.15) is 12.7 Å². The number of benzene rings is 1. The number of imide groups is 1. The van der Waals surface area contributed by atoms with Gasteiger partial charge in [-0.25, -0.2) is 9.67 Å². The molecule has 1 aliphatic heterocycles. The highest BCUT2D eigenvalue weighted by atomic mass is 16.2. The van der Waals surface area contributed by atoms with Gasteiger partial charge in [0.15, 0.2) is 0 Å². The zero-order valence-electron chi connectivity index (χ0n) is 14.8. The van der Waals surface area contributed by atoms with Crippen LogP contribution in [-0.4, -0.2) is 55.9 Å². The van der Waals surface area contributed by atoms with E-state index in [0.29, 0.717) is 0 Å². The summed E-state index contributed by atoms with van der Waals surface area (Å²) >= 11 is 0. The van der Waals surface area contributed by atoms with Gasteiger partial charge < -0.3 is 4.90 Å². The third-order valence-corrected chi connectivity index (χ3v) is 4.74. The first-order valence-corrected chi connectivity index (χ1v) is 8.51. The maximum absolute atomic E-state index is 12.4. The summed E-state index contributed by atoms with van der Waals surface area (Å²) in [7, 11) is 1.73. The summed E-state index contributed by atoms with van der Waals surface area (Å²) in [6.07, 6.45) is 3.72. The minimum absolute atomic E-state index is 0.106. The number of rotatable bonds is 6. The molecule has 3 amide bonds. The fourth-order valence-corrected chi connectivity index (χ4v) is 2.94. The van der Waals surface area contributed by atoms with E-state index in [1.54, 1.807) is 23.0 Å². The van der Waals surface area contributed by atoms with Crippen LogP contribution in [-0.2, 0) is 14.4 Å². The molecule has 0 radical (unpaired) electrons. The van der Waals surface area contributed by atoms with E-state index < -0.39 is 0 Å². The fraction of sp³-hybridized carbons (Fsp3) is 0.389. The molecule has 1 atom stereocenters. The Balaban J connectivity index is 1.59. The normalized spacial score (nSPS) is 15.4. The molecule has 1 aromatic heterocycles. The number of hydrogen-bond donors (Lipinski definition) is 0. The lowest BCUT2D eigenvalue weighted by Gasteiger charge is -2.26. The molecule has 1 aromatic carbocycles. The number of hydrogen-bond acceptors (Lipinski definition) is 5.